The summed E-state index contributed by atoms with van der Waals surface area (Å²) in [7, 11) is 1.71. The maximum atomic E-state index is 12.9. The number of Topliss-reactive ketones (excluding diaryl/α,β-unsaturated/α-hetero) is 1. The number of H-pyrrole nitrogens is 1. The van der Waals surface area contributed by atoms with Crippen LogP contribution in [0.3, 0.4) is 0 Å². The van der Waals surface area contributed by atoms with Crippen molar-refractivity contribution in [3.8, 4) is 10.4 Å². The zero-order valence-corrected chi connectivity index (χ0v) is 17.5. The Bertz CT molecular complexity index is 1200. The number of thioether (sulfide) groups is 1. The second kappa shape index (κ2) is 7.10. The highest BCUT2D eigenvalue weighted by atomic mass is 32.2. The molecule has 0 aliphatic rings. The number of carbonyl (C=O) groups excluding carboxylic acids is 1. The van der Waals surface area contributed by atoms with E-state index < -0.39 is 0 Å². The Morgan fingerprint density at radius 3 is 2.81 bits per heavy atom. The number of ketones is 1. The first-order chi connectivity index (χ1) is 13.0. The number of thiophene rings is 2. The molecule has 138 valence electrons. The summed E-state index contributed by atoms with van der Waals surface area (Å²) in [4.78, 5) is 35.0. The first-order valence-electron chi connectivity index (χ1n) is 8.30. The summed E-state index contributed by atoms with van der Waals surface area (Å²) in [6.45, 7) is 3.82. The van der Waals surface area contributed by atoms with E-state index in [1.54, 1.807) is 23.0 Å². The minimum absolute atomic E-state index is 0.0293. The molecular weight excluding hydrogens is 398 g/mol. The Labute approximate surface area is 168 Å². The van der Waals surface area contributed by atoms with Gasteiger partial charge in [0, 0.05) is 39.8 Å². The lowest BCUT2D eigenvalue weighted by molar-refractivity contribution is 0.102. The van der Waals surface area contributed by atoms with Gasteiger partial charge in [-0.15, -0.1) is 22.7 Å². The van der Waals surface area contributed by atoms with Gasteiger partial charge >= 0.3 is 0 Å². The highest BCUT2D eigenvalue weighted by Gasteiger charge is 2.18. The highest BCUT2D eigenvalue weighted by Crippen LogP contribution is 2.34. The lowest BCUT2D eigenvalue weighted by Crippen LogP contribution is -2.20. The summed E-state index contributed by atoms with van der Waals surface area (Å²) >= 11 is 4.37. The van der Waals surface area contributed by atoms with Gasteiger partial charge in [-0.25, -0.2) is 4.98 Å². The van der Waals surface area contributed by atoms with Crippen LogP contribution in [0, 0.1) is 13.8 Å². The molecule has 8 heteroatoms. The molecule has 1 N–H and O–H groups in total. The van der Waals surface area contributed by atoms with Crippen molar-refractivity contribution >= 4 is 50.4 Å². The number of hydrogen-bond donors (Lipinski definition) is 1. The highest BCUT2D eigenvalue weighted by molar-refractivity contribution is 7.99. The second-order valence-corrected chi connectivity index (χ2v) is 9.02. The zero-order chi connectivity index (χ0) is 19.1. The van der Waals surface area contributed by atoms with Crippen LogP contribution in [0.1, 0.15) is 21.7 Å². The van der Waals surface area contributed by atoms with Gasteiger partial charge in [-0.1, -0.05) is 17.8 Å². The predicted octanol–water partition coefficient (Wildman–Crippen LogP) is 4.64. The van der Waals surface area contributed by atoms with Crippen LogP contribution in [0.5, 0.6) is 0 Å². The fraction of sp³-hybridized carbons (Fsp3) is 0.211. The SMILES string of the molecule is Cc1cc(C(=O)CSc2nc3scc(-c4cccs4)c3c(=O)n2C)c(C)[nH]1. The largest absolute Gasteiger partial charge is 0.362 e. The van der Waals surface area contributed by atoms with Crippen LogP contribution in [0.25, 0.3) is 20.7 Å². The van der Waals surface area contributed by atoms with Crippen LogP contribution in [-0.2, 0) is 7.05 Å². The molecule has 4 rings (SSSR count). The minimum atomic E-state index is -0.0757. The molecule has 4 aromatic rings. The first-order valence-corrected chi connectivity index (χ1v) is 11.0. The minimum Gasteiger partial charge on any atom is -0.362 e. The second-order valence-electron chi connectivity index (χ2n) is 6.27. The monoisotopic (exact) mass is 415 g/mol. The van der Waals surface area contributed by atoms with Crippen molar-refractivity contribution < 1.29 is 4.79 Å². The van der Waals surface area contributed by atoms with Gasteiger partial charge in [-0.05, 0) is 31.4 Å². The number of fused-ring (bicyclic) bond motifs is 1. The van der Waals surface area contributed by atoms with Crippen molar-refractivity contribution in [2.75, 3.05) is 5.75 Å². The molecule has 0 fully saturated rings. The van der Waals surface area contributed by atoms with Crippen molar-refractivity contribution in [2.24, 2.45) is 7.05 Å². The summed E-state index contributed by atoms with van der Waals surface area (Å²) < 4.78 is 1.54. The summed E-state index contributed by atoms with van der Waals surface area (Å²) in [6.07, 6.45) is 0. The number of nitrogens with one attached hydrogen (secondary N) is 1. The van der Waals surface area contributed by atoms with Crippen LogP contribution >= 0.6 is 34.4 Å². The molecule has 0 aliphatic carbocycles. The predicted molar refractivity (Wildman–Crippen MR) is 113 cm³/mol. The number of rotatable bonds is 5. The Kier molecular flexibility index (Phi) is 4.79. The Hall–Kier alpha value is -2.16. The van der Waals surface area contributed by atoms with E-state index in [9.17, 15) is 9.59 Å². The van der Waals surface area contributed by atoms with Gasteiger partial charge in [0.15, 0.2) is 10.9 Å². The molecule has 0 aromatic carbocycles. The number of aryl methyl sites for hydroxylation is 2. The third kappa shape index (κ3) is 3.28. The fourth-order valence-electron chi connectivity index (χ4n) is 3.02. The molecule has 0 unspecified atom stereocenters. The average molecular weight is 416 g/mol. The molecule has 0 saturated heterocycles. The van der Waals surface area contributed by atoms with E-state index in [0.717, 1.165) is 21.8 Å². The van der Waals surface area contributed by atoms with Crippen LogP contribution in [0.4, 0.5) is 0 Å². The van der Waals surface area contributed by atoms with Gasteiger partial charge in [0.1, 0.15) is 4.83 Å². The van der Waals surface area contributed by atoms with Crippen molar-refractivity contribution in [3.63, 3.8) is 0 Å². The van der Waals surface area contributed by atoms with Crippen molar-refractivity contribution in [2.45, 2.75) is 19.0 Å². The first kappa shape index (κ1) is 18.2. The molecule has 0 saturated carbocycles. The van der Waals surface area contributed by atoms with E-state index in [0.29, 0.717) is 20.9 Å². The summed E-state index contributed by atoms with van der Waals surface area (Å²) in [5.74, 6) is 0.272. The van der Waals surface area contributed by atoms with Crippen LogP contribution in [0.15, 0.2) is 38.9 Å². The molecule has 5 nitrogen and oxygen atoms in total. The lowest BCUT2D eigenvalue weighted by Gasteiger charge is -2.07. The van der Waals surface area contributed by atoms with E-state index in [1.807, 2.05) is 42.8 Å². The lowest BCUT2D eigenvalue weighted by atomic mass is 10.2. The number of carbonyl (C=O) groups is 1. The quantitative estimate of drug-likeness (QED) is 0.293. The number of aromatic amines is 1. The standard InChI is InChI=1S/C19H17N3O2S3/c1-10-7-12(11(2)20-10)14(23)9-27-19-21-17-16(18(24)22(19)3)13(8-26-17)15-5-4-6-25-15/h4-8,20H,9H2,1-3H3. The molecular formula is C19H17N3O2S3. The van der Waals surface area contributed by atoms with Crippen LogP contribution < -0.4 is 5.56 Å². The Morgan fingerprint density at radius 2 is 2.15 bits per heavy atom. The number of hydrogen-bond acceptors (Lipinski definition) is 6. The van der Waals surface area contributed by atoms with Crippen molar-refractivity contribution in [3.05, 3.63) is 56.3 Å². The van der Waals surface area contributed by atoms with Crippen LogP contribution in [0.2, 0.25) is 0 Å². The van der Waals surface area contributed by atoms with E-state index in [-0.39, 0.29) is 17.1 Å². The maximum Gasteiger partial charge on any atom is 0.263 e. The molecule has 27 heavy (non-hydrogen) atoms. The average Bonchev–Trinajstić information content (AvgIpc) is 3.35. The van der Waals surface area contributed by atoms with Gasteiger partial charge in [-0.3, -0.25) is 14.2 Å². The van der Waals surface area contributed by atoms with Crippen LogP contribution in [-0.4, -0.2) is 26.1 Å². The molecule has 0 radical (unpaired) electrons. The van der Waals surface area contributed by atoms with Gasteiger partial charge in [0.2, 0.25) is 0 Å². The number of aromatic nitrogens is 3. The normalized spacial score (nSPS) is 11.4. The van der Waals surface area contributed by atoms with E-state index in [4.69, 9.17) is 0 Å². The third-order valence-corrected chi connectivity index (χ3v) is 7.15. The van der Waals surface area contributed by atoms with E-state index in [1.165, 1.54) is 23.1 Å². The van der Waals surface area contributed by atoms with E-state index >= 15 is 0 Å². The molecule has 0 spiro atoms. The van der Waals surface area contributed by atoms with Gasteiger partial charge in [0.05, 0.1) is 11.1 Å². The molecule has 0 atom stereocenters. The van der Waals surface area contributed by atoms with Gasteiger partial charge < -0.3 is 4.98 Å². The van der Waals surface area contributed by atoms with Crippen molar-refractivity contribution in [1.82, 2.24) is 14.5 Å². The molecule has 4 heterocycles. The van der Waals surface area contributed by atoms with Gasteiger partial charge in [0.25, 0.3) is 5.56 Å². The Balaban J connectivity index is 1.65. The van der Waals surface area contributed by atoms with Gasteiger partial charge in [-0.2, -0.15) is 0 Å². The summed E-state index contributed by atoms with van der Waals surface area (Å²) in [5, 5.41) is 5.19. The smallest absolute Gasteiger partial charge is 0.263 e. The summed E-state index contributed by atoms with van der Waals surface area (Å²) in [6, 6.07) is 5.84. The molecule has 0 aliphatic heterocycles. The molecule has 0 bridgehead atoms. The fourth-order valence-corrected chi connectivity index (χ4v) is 5.67. The van der Waals surface area contributed by atoms with Crippen molar-refractivity contribution in [1.29, 1.82) is 0 Å². The molecule has 0 amide bonds. The Morgan fingerprint density at radius 1 is 1.33 bits per heavy atom. The molecule has 4 aromatic heterocycles. The third-order valence-electron chi connectivity index (χ3n) is 4.34. The zero-order valence-electron chi connectivity index (χ0n) is 15.0. The number of nitrogens with zero attached hydrogens (tertiary/aromatic N) is 2. The van der Waals surface area contributed by atoms with E-state index in [2.05, 4.69) is 9.97 Å². The summed E-state index contributed by atoms with van der Waals surface area (Å²) in [5.41, 5.74) is 3.39. The maximum absolute atomic E-state index is 12.9. The topological polar surface area (TPSA) is 67.8 Å².